The van der Waals surface area contributed by atoms with Gasteiger partial charge in [-0.1, -0.05) is 32.0 Å². The van der Waals surface area contributed by atoms with Gasteiger partial charge in [0.2, 0.25) is 0 Å². The van der Waals surface area contributed by atoms with E-state index in [-0.39, 0.29) is 17.8 Å². The van der Waals surface area contributed by atoms with Crippen molar-refractivity contribution < 1.29 is 0 Å². The van der Waals surface area contributed by atoms with E-state index in [1.54, 1.807) is 0 Å². The normalized spacial score (nSPS) is 11.7. The molecule has 1 heterocycles. The average molecular weight is 294 g/mol. The summed E-state index contributed by atoms with van der Waals surface area (Å²) in [6, 6.07) is 10.4. The Bertz CT molecular complexity index is 554. The van der Waals surface area contributed by atoms with Crippen molar-refractivity contribution in [3.05, 3.63) is 42.1 Å². The fourth-order valence-corrected chi connectivity index (χ4v) is 2.37. The largest absolute Gasteiger partial charge is 0.330 e. The van der Waals surface area contributed by atoms with Crippen LogP contribution in [0.3, 0.4) is 0 Å². The van der Waals surface area contributed by atoms with Crippen LogP contribution in [-0.4, -0.2) is 30.0 Å². The topological polar surface area (TPSA) is 42.2 Å². The highest BCUT2D eigenvalue weighted by atomic mass is 35.5. The van der Waals surface area contributed by atoms with Gasteiger partial charge in [0.25, 0.3) is 0 Å². The molecule has 4 heteroatoms. The van der Waals surface area contributed by atoms with Crippen LogP contribution in [0.1, 0.15) is 19.4 Å². The first-order valence-electron chi connectivity index (χ1n) is 6.72. The molecule has 0 bridgehead atoms. The highest BCUT2D eigenvalue weighted by Gasteiger charge is 2.18. The Kier molecular flexibility index (Phi) is 5.93. The van der Waals surface area contributed by atoms with Gasteiger partial charge in [-0.3, -0.25) is 4.98 Å². The SMILES string of the molecule is CN(Cc1cnc2ccccc2c1)CC(C)(C)CN.Cl. The van der Waals surface area contributed by atoms with E-state index in [0.717, 1.165) is 18.6 Å². The first kappa shape index (κ1) is 16.9. The number of hydrogen-bond acceptors (Lipinski definition) is 3. The second kappa shape index (κ2) is 7.02. The summed E-state index contributed by atoms with van der Waals surface area (Å²) in [6.07, 6.45) is 1.97. The average Bonchev–Trinajstić information content (AvgIpc) is 2.38. The minimum Gasteiger partial charge on any atom is -0.330 e. The number of nitrogens with zero attached hydrogens (tertiary/aromatic N) is 2. The summed E-state index contributed by atoms with van der Waals surface area (Å²) in [4.78, 5) is 6.80. The van der Waals surface area contributed by atoms with Crippen molar-refractivity contribution in [1.82, 2.24) is 9.88 Å². The third kappa shape index (κ3) is 4.44. The zero-order valence-electron chi connectivity index (χ0n) is 12.5. The lowest BCUT2D eigenvalue weighted by molar-refractivity contribution is 0.210. The number of fused-ring (bicyclic) bond motifs is 1. The molecule has 0 spiro atoms. The molecule has 0 aliphatic heterocycles. The molecule has 2 rings (SSSR count). The second-order valence-electron chi connectivity index (χ2n) is 6.08. The Balaban J connectivity index is 0.00000200. The van der Waals surface area contributed by atoms with Crippen molar-refractivity contribution in [1.29, 1.82) is 0 Å². The maximum atomic E-state index is 5.78. The highest BCUT2D eigenvalue weighted by molar-refractivity contribution is 5.85. The Morgan fingerprint density at radius 1 is 1.25 bits per heavy atom. The molecule has 1 aromatic carbocycles. The van der Waals surface area contributed by atoms with Gasteiger partial charge in [-0.25, -0.2) is 0 Å². The predicted molar refractivity (Wildman–Crippen MR) is 88.2 cm³/mol. The van der Waals surface area contributed by atoms with E-state index >= 15 is 0 Å². The van der Waals surface area contributed by atoms with Crippen LogP contribution in [0.5, 0.6) is 0 Å². The molecule has 0 saturated heterocycles. The number of nitrogens with two attached hydrogens (primary N) is 1. The third-order valence-corrected chi connectivity index (χ3v) is 3.35. The molecule has 0 aliphatic rings. The maximum Gasteiger partial charge on any atom is 0.0702 e. The van der Waals surface area contributed by atoms with E-state index in [1.165, 1.54) is 10.9 Å². The lowest BCUT2D eigenvalue weighted by Gasteiger charge is -2.29. The molecule has 0 saturated carbocycles. The van der Waals surface area contributed by atoms with Crippen LogP contribution in [0.2, 0.25) is 0 Å². The molecule has 1 aromatic heterocycles. The number of aromatic nitrogens is 1. The smallest absolute Gasteiger partial charge is 0.0702 e. The Morgan fingerprint density at radius 3 is 2.65 bits per heavy atom. The molecule has 110 valence electrons. The summed E-state index contributed by atoms with van der Waals surface area (Å²) in [6.45, 7) is 6.98. The summed E-state index contributed by atoms with van der Waals surface area (Å²) in [5, 5.41) is 1.20. The molecule has 0 aliphatic carbocycles. The van der Waals surface area contributed by atoms with Crippen molar-refractivity contribution in [2.75, 3.05) is 20.1 Å². The van der Waals surface area contributed by atoms with Gasteiger partial charge in [-0.15, -0.1) is 12.4 Å². The van der Waals surface area contributed by atoms with Crippen molar-refractivity contribution in [2.45, 2.75) is 20.4 Å². The van der Waals surface area contributed by atoms with Crippen LogP contribution in [-0.2, 0) is 6.54 Å². The monoisotopic (exact) mass is 293 g/mol. The second-order valence-corrected chi connectivity index (χ2v) is 6.08. The van der Waals surface area contributed by atoms with E-state index in [1.807, 2.05) is 18.3 Å². The summed E-state index contributed by atoms with van der Waals surface area (Å²) < 4.78 is 0. The number of benzene rings is 1. The molecule has 2 N–H and O–H groups in total. The van der Waals surface area contributed by atoms with Crippen molar-refractivity contribution in [3.63, 3.8) is 0 Å². The van der Waals surface area contributed by atoms with Gasteiger partial charge in [0.1, 0.15) is 0 Å². The van der Waals surface area contributed by atoms with E-state index < -0.39 is 0 Å². The van der Waals surface area contributed by atoms with Crippen LogP contribution >= 0.6 is 12.4 Å². The van der Waals surface area contributed by atoms with Gasteiger partial charge in [0.15, 0.2) is 0 Å². The lowest BCUT2D eigenvalue weighted by atomic mass is 9.93. The zero-order chi connectivity index (χ0) is 13.9. The molecular formula is C16H24ClN3. The minimum atomic E-state index is 0. The predicted octanol–water partition coefficient (Wildman–Crippen LogP) is 3.07. The molecular weight excluding hydrogens is 270 g/mol. The third-order valence-electron chi connectivity index (χ3n) is 3.35. The summed E-state index contributed by atoms with van der Waals surface area (Å²) in [7, 11) is 2.13. The standard InChI is InChI=1S/C16H23N3.ClH/c1-16(2,11-17)12-19(3)10-13-8-14-6-4-5-7-15(14)18-9-13;/h4-9H,10-12,17H2,1-3H3;1H. The Morgan fingerprint density at radius 2 is 1.95 bits per heavy atom. The van der Waals surface area contributed by atoms with E-state index in [4.69, 9.17) is 5.73 Å². The summed E-state index contributed by atoms with van der Waals surface area (Å²) in [5.74, 6) is 0. The molecule has 0 amide bonds. The van der Waals surface area contributed by atoms with Crippen LogP contribution in [0, 0.1) is 5.41 Å². The van der Waals surface area contributed by atoms with E-state index in [0.29, 0.717) is 6.54 Å². The Labute approximate surface area is 127 Å². The van der Waals surface area contributed by atoms with Crippen molar-refractivity contribution >= 4 is 23.3 Å². The van der Waals surface area contributed by atoms with Crippen LogP contribution in [0.4, 0.5) is 0 Å². The zero-order valence-corrected chi connectivity index (χ0v) is 13.3. The number of para-hydroxylation sites is 1. The first-order valence-corrected chi connectivity index (χ1v) is 6.72. The van der Waals surface area contributed by atoms with Gasteiger partial charge in [-0.05, 0) is 36.7 Å². The quantitative estimate of drug-likeness (QED) is 0.921. The number of halogens is 1. The molecule has 0 fully saturated rings. The minimum absolute atomic E-state index is 0. The van der Waals surface area contributed by atoms with E-state index in [9.17, 15) is 0 Å². The number of rotatable bonds is 5. The Hall–Kier alpha value is -1.16. The van der Waals surface area contributed by atoms with Crippen molar-refractivity contribution in [3.8, 4) is 0 Å². The van der Waals surface area contributed by atoms with Gasteiger partial charge in [0.05, 0.1) is 5.52 Å². The molecule has 20 heavy (non-hydrogen) atoms. The highest BCUT2D eigenvalue weighted by Crippen LogP contribution is 2.17. The van der Waals surface area contributed by atoms with Gasteiger partial charge in [-0.2, -0.15) is 0 Å². The number of pyridine rings is 1. The number of hydrogen-bond donors (Lipinski definition) is 1. The van der Waals surface area contributed by atoms with Gasteiger partial charge >= 0.3 is 0 Å². The molecule has 0 unspecified atom stereocenters. The lowest BCUT2D eigenvalue weighted by Crippen LogP contribution is -2.36. The van der Waals surface area contributed by atoms with Crippen LogP contribution in [0.25, 0.3) is 10.9 Å². The maximum absolute atomic E-state index is 5.78. The summed E-state index contributed by atoms with van der Waals surface area (Å²) >= 11 is 0. The van der Waals surface area contributed by atoms with Crippen LogP contribution < -0.4 is 5.73 Å². The fourth-order valence-electron chi connectivity index (χ4n) is 2.37. The molecule has 0 radical (unpaired) electrons. The van der Waals surface area contributed by atoms with Crippen LogP contribution in [0.15, 0.2) is 36.5 Å². The summed E-state index contributed by atoms with van der Waals surface area (Å²) in [5.41, 5.74) is 8.23. The molecule has 3 nitrogen and oxygen atoms in total. The van der Waals surface area contributed by atoms with Crippen molar-refractivity contribution in [2.24, 2.45) is 11.1 Å². The molecule has 0 atom stereocenters. The van der Waals surface area contributed by atoms with E-state index in [2.05, 4.69) is 49.0 Å². The van der Waals surface area contributed by atoms with Gasteiger partial charge < -0.3 is 10.6 Å². The fraction of sp³-hybridized carbons (Fsp3) is 0.438. The van der Waals surface area contributed by atoms with Gasteiger partial charge in [0, 0.05) is 24.7 Å². The first-order chi connectivity index (χ1) is 9.00. The molecule has 2 aromatic rings.